The van der Waals surface area contributed by atoms with Crippen molar-refractivity contribution in [2.45, 2.75) is 45.0 Å². The van der Waals surface area contributed by atoms with Crippen LogP contribution in [0.15, 0.2) is 79.0 Å². The molecule has 37 heavy (non-hydrogen) atoms. The molecule has 9 heteroatoms. The number of aromatic nitrogens is 1. The number of nitrogens with zero attached hydrogens (tertiary/aromatic N) is 2. The van der Waals surface area contributed by atoms with E-state index in [0.717, 1.165) is 22.4 Å². The minimum atomic E-state index is -1.28. The van der Waals surface area contributed by atoms with E-state index in [0.29, 0.717) is 6.42 Å². The molecule has 9 nitrogen and oxygen atoms in total. The van der Waals surface area contributed by atoms with Gasteiger partial charge in [0.2, 0.25) is 0 Å². The van der Waals surface area contributed by atoms with Crippen molar-refractivity contribution in [3.05, 3.63) is 90.1 Å². The molecule has 0 aliphatic carbocycles. The number of hydrogen-bond donors (Lipinski definition) is 5. The van der Waals surface area contributed by atoms with E-state index in [1.165, 1.54) is 0 Å². The van der Waals surface area contributed by atoms with E-state index in [-0.39, 0.29) is 19.0 Å². The Morgan fingerprint density at radius 3 is 2.24 bits per heavy atom. The number of hydrazine groups is 1. The normalized spacial score (nSPS) is 13.7. The van der Waals surface area contributed by atoms with Crippen molar-refractivity contribution in [3.8, 4) is 11.3 Å². The van der Waals surface area contributed by atoms with Gasteiger partial charge in [-0.1, -0.05) is 74.5 Å². The summed E-state index contributed by atoms with van der Waals surface area (Å²) in [5.41, 5.74) is 12.8. The average molecular weight is 506 g/mol. The highest BCUT2D eigenvalue weighted by Gasteiger charge is 2.27. The monoisotopic (exact) mass is 505 g/mol. The topological polar surface area (TPSA) is 141 Å². The lowest BCUT2D eigenvalue weighted by Gasteiger charge is -2.30. The Hall–Kier alpha value is -3.79. The Morgan fingerprint density at radius 2 is 1.65 bits per heavy atom. The summed E-state index contributed by atoms with van der Waals surface area (Å²) in [5, 5.41) is 23.9. The molecule has 0 saturated carbocycles. The third kappa shape index (κ3) is 8.68. The second kappa shape index (κ2) is 13.5. The quantitative estimate of drug-likeness (QED) is 0.238. The van der Waals surface area contributed by atoms with E-state index in [2.05, 4.69) is 15.7 Å². The summed E-state index contributed by atoms with van der Waals surface area (Å²) in [6.45, 7) is 3.85. The van der Waals surface area contributed by atoms with E-state index in [9.17, 15) is 14.7 Å². The predicted molar refractivity (Wildman–Crippen MR) is 142 cm³/mol. The lowest BCUT2D eigenvalue weighted by Crippen LogP contribution is -2.56. The van der Waals surface area contributed by atoms with Gasteiger partial charge >= 0.3 is 6.09 Å². The third-order valence-electron chi connectivity index (χ3n) is 6.00. The summed E-state index contributed by atoms with van der Waals surface area (Å²) in [5.74, 6) is -0.785. The highest BCUT2D eigenvalue weighted by Crippen LogP contribution is 2.18. The van der Waals surface area contributed by atoms with Gasteiger partial charge in [-0.25, -0.2) is 9.80 Å². The maximum absolute atomic E-state index is 13.0. The summed E-state index contributed by atoms with van der Waals surface area (Å²) >= 11 is 0. The summed E-state index contributed by atoms with van der Waals surface area (Å²) < 4.78 is 0. The van der Waals surface area contributed by atoms with Crippen LogP contribution in [0.1, 0.15) is 25.0 Å². The van der Waals surface area contributed by atoms with Crippen LogP contribution in [0.5, 0.6) is 0 Å². The van der Waals surface area contributed by atoms with Gasteiger partial charge in [0.05, 0.1) is 11.8 Å². The summed E-state index contributed by atoms with van der Waals surface area (Å²) in [7, 11) is 0. The number of amides is 2. The molecule has 3 rings (SSSR count). The van der Waals surface area contributed by atoms with Crippen molar-refractivity contribution in [3.63, 3.8) is 0 Å². The van der Waals surface area contributed by atoms with Gasteiger partial charge in [0, 0.05) is 30.9 Å². The van der Waals surface area contributed by atoms with Crippen molar-refractivity contribution >= 4 is 12.0 Å². The Morgan fingerprint density at radius 1 is 0.973 bits per heavy atom. The van der Waals surface area contributed by atoms with Crippen LogP contribution < -0.4 is 16.5 Å². The summed E-state index contributed by atoms with van der Waals surface area (Å²) in [4.78, 5) is 28.6. The number of hydrogen-bond acceptors (Lipinski definition) is 6. The Kier molecular flexibility index (Phi) is 10.1. The number of carbonyl (C=O) groups is 2. The molecule has 0 aliphatic heterocycles. The maximum atomic E-state index is 13.0. The molecule has 2 aromatic carbocycles. The molecule has 0 unspecified atom stereocenters. The molecule has 0 spiro atoms. The first kappa shape index (κ1) is 27.8. The van der Waals surface area contributed by atoms with Crippen molar-refractivity contribution < 1.29 is 19.8 Å². The van der Waals surface area contributed by atoms with Gasteiger partial charge < -0.3 is 21.3 Å². The van der Waals surface area contributed by atoms with Crippen LogP contribution in [0, 0.1) is 5.92 Å². The summed E-state index contributed by atoms with van der Waals surface area (Å²) in [6.07, 6.45) is -0.0251. The zero-order valence-corrected chi connectivity index (χ0v) is 21.1. The molecule has 3 aromatic rings. The van der Waals surface area contributed by atoms with Crippen LogP contribution in [0.2, 0.25) is 0 Å². The van der Waals surface area contributed by atoms with E-state index in [1.54, 1.807) is 25.1 Å². The van der Waals surface area contributed by atoms with Crippen molar-refractivity contribution in [1.82, 2.24) is 20.7 Å². The minimum absolute atomic E-state index is 0.0552. The van der Waals surface area contributed by atoms with Crippen molar-refractivity contribution in [2.75, 3.05) is 6.54 Å². The number of rotatable bonds is 12. The SMILES string of the molecule is CC(C)[C@H](NC(=O)O)C(=O)NN(Cc1ccc(-c2ccccn2)cc1)C[C@H](O)[C@@H](N)Cc1ccccc1. The fraction of sp³-hybridized carbons (Fsp3) is 0.321. The molecular weight excluding hydrogens is 470 g/mol. The fourth-order valence-corrected chi connectivity index (χ4v) is 3.96. The summed E-state index contributed by atoms with van der Waals surface area (Å²) in [6, 6.07) is 21.5. The van der Waals surface area contributed by atoms with E-state index in [4.69, 9.17) is 10.8 Å². The lowest BCUT2D eigenvalue weighted by molar-refractivity contribution is -0.130. The van der Waals surface area contributed by atoms with E-state index >= 15 is 0 Å². The number of pyridine rings is 1. The van der Waals surface area contributed by atoms with Gasteiger partial charge in [-0.3, -0.25) is 15.2 Å². The Balaban J connectivity index is 1.75. The standard InChI is InChI=1S/C28H35N5O4/c1-19(2)26(31-28(36)37)27(35)32-33(18-25(34)23(29)16-20-8-4-3-5-9-20)17-21-11-13-22(14-12-21)24-10-6-7-15-30-24/h3-15,19,23,25-26,31,34H,16-18,29H2,1-2H3,(H,32,35)(H,36,37)/t23-,25-,26-/m0/s1. The van der Waals surface area contributed by atoms with Crippen LogP contribution in [0.4, 0.5) is 4.79 Å². The van der Waals surface area contributed by atoms with Gasteiger partial charge in [0.15, 0.2) is 0 Å². The number of aliphatic hydroxyl groups excluding tert-OH is 1. The highest BCUT2D eigenvalue weighted by atomic mass is 16.4. The lowest BCUT2D eigenvalue weighted by atomic mass is 10.0. The molecule has 1 aromatic heterocycles. The zero-order chi connectivity index (χ0) is 26.8. The van der Waals surface area contributed by atoms with Crippen LogP contribution in [-0.2, 0) is 17.8 Å². The Bertz CT molecular complexity index is 1130. The third-order valence-corrected chi connectivity index (χ3v) is 6.00. The van der Waals surface area contributed by atoms with Crippen molar-refractivity contribution in [2.24, 2.45) is 11.7 Å². The molecule has 0 saturated heterocycles. The van der Waals surface area contributed by atoms with Gasteiger partial charge in [0.25, 0.3) is 5.91 Å². The van der Waals surface area contributed by atoms with Gasteiger partial charge in [-0.15, -0.1) is 0 Å². The molecule has 196 valence electrons. The fourth-order valence-electron chi connectivity index (χ4n) is 3.96. The van der Waals surface area contributed by atoms with E-state index < -0.39 is 30.2 Å². The maximum Gasteiger partial charge on any atom is 0.405 e. The van der Waals surface area contributed by atoms with Crippen LogP contribution in [0.3, 0.4) is 0 Å². The smallest absolute Gasteiger partial charge is 0.405 e. The second-order valence-corrected chi connectivity index (χ2v) is 9.36. The average Bonchev–Trinajstić information content (AvgIpc) is 2.88. The first-order valence-corrected chi connectivity index (χ1v) is 12.3. The molecule has 1 heterocycles. The molecule has 0 radical (unpaired) electrons. The van der Waals surface area contributed by atoms with E-state index in [1.807, 2.05) is 72.8 Å². The largest absolute Gasteiger partial charge is 0.465 e. The zero-order valence-electron chi connectivity index (χ0n) is 21.1. The molecule has 0 aliphatic rings. The number of carbonyl (C=O) groups excluding carboxylic acids is 1. The number of carboxylic acid groups (broad SMARTS) is 1. The Labute approximate surface area is 217 Å². The first-order valence-electron chi connectivity index (χ1n) is 12.3. The van der Waals surface area contributed by atoms with Crippen LogP contribution in [0.25, 0.3) is 11.3 Å². The van der Waals surface area contributed by atoms with Gasteiger partial charge in [-0.2, -0.15) is 0 Å². The number of nitrogens with two attached hydrogens (primary N) is 1. The molecule has 6 N–H and O–H groups in total. The first-order chi connectivity index (χ1) is 17.7. The van der Waals surface area contributed by atoms with Gasteiger partial charge in [0.1, 0.15) is 6.04 Å². The molecule has 3 atom stereocenters. The highest BCUT2D eigenvalue weighted by molar-refractivity contribution is 5.85. The van der Waals surface area contributed by atoms with Crippen LogP contribution >= 0.6 is 0 Å². The number of nitrogens with one attached hydrogen (secondary N) is 2. The van der Waals surface area contributed by atoms with Gasteiger partial charge in [-0.05, 0) is 35.6 Å². The minimum Gasteiger partial charge on any atom is -0.465 e. The number of aliphatic hydroxyl groups is 1. The second-order valence-electron chi connectivity index (χ2n) is 9.36. The molecule has 0 bridgehead atoms. The van der Waals surface area contributed by atoms with Crippen LogP contribution in [-0.4, -0.2) is 56.9 Å². The molecular formula is C28H35N5O4. The predicted octanol–water partition coefficient (Wildman–Crippen LogP) is 2.80. The van der Waals surface area contributed by atoms with Crippen molar-refractivity contribution in [1.29, 1.82) is 0 Å². The number of benzene rings is 2. The molecule has 2 amide bonds. The molecule has 0 fully saturated rings.